The number of hydrogen-bond donors (Lipinski definition) is 0. The Morgan fingerprint density at radius 1 is 1.06 bits per heavy atom. The van der Waals surface area contributed by atoms with Crippen LogP contribution in [0.1, 0.15) is 30.8 Å². The molecule has 3 rings (SSSR count). The van der Waals surface area contributed by atoms with Crippen LogP contribution in [0.25, 0.3) is 6.08 Å². The Bertz CT molecular complexity index is 1290. The minimum absolute atomic E-state index is 0.126. The van der Waals surface area contributed by atoms with Crippen molar-refractivity contribution >= 4 is 29.2 Å². The molecule has 2 heterocycles. The van der Waals surface area contributed by atoms with E-state index in [1.165, 1.54) is 6.08 Å². The van der Waals surface area contributed by atoms with Gasteiger partial charge in [-0.15, -0.1) is 0 Å². The van der Waals surface area contributed by atoms with Crippen molar-refractivity contribution in [2.24, 2.45) is 5.92 Å². The van der Waals surface area contributed by atoms with Gasteiger partial charge in [-0.1, -0.05) is 26.0 Å². The van der Waals surface area contributed by atoms with Crippen molar-refractivity contribution in [3.63, 3.8) is 0 Å². The predicted molar refractivity (Wildman–Crippen MR) is 134 cm³/mol. The first-order valence-electron chi connectivity index (χ1n) is 11.3. The highest BCUT2D eigenvalue weighted by Crippen LogP contribution is 2.40. The summed E-state index contributed by atoms with van der Waals surface area (Å²) in [5.74, 6) is -0.705. The first-order chi connectivity index (χ1) is 16.6. The summed E-state index contributed by atoms with van der Waals surface area (Å²) in [5.41, 5.74) is 4.08. The number of carbonyl (C=O) groups is 2. The van der Waals surface area contributed by atoms with Crippen LogP contribution in [-0.4, -0.2) is 37.0 Å². The predicted octanol–water partition coefficient (Wildman–Crippen LogP) is 4.10. The highest BCUT2D eigenvalue weighted by Gasteiger charge is 2.31. The van der Waals surface area contributed by atoms with Crippen LogP contribution in [0.2, 0.25) is 0 Å². The third kappa shape index (κ3) is 4.97. The van der Waals surface area contributed by atoms with E-state index in [0.29, 0.717) is 11.7 Å². The summed E-state index contributed by atoms with van der Waals surface area (Å²) in [6.45, 7) is 8.33. The maximum Gasteiger partial charge on any atom is 0.349 e. The fraction of sp³-hybridized carbons (Fsp3) is 0.333. The highest BCUT2D eigenvalue weighted by molar-refractivity contribution is 6.05. The van der Waals surface area contributed by atoms with Gasteiger partial charge < -0.3 is 19.1 Å². The number of benzene rings is 1. The van der Waals surface area contributed by atoms with Crippen LogP contribution in [0, 0.1) is 42.4 Å². The van der Waals surface area contributed by atoms with E-state index < -0.39 is 18.4 Å². The fourth-order valence-electron chi connectivity index (χ4n) is 4.25. The summed E-state index contributed by atoms with van der Waals surface area (Å²) < 4.78 is 7.29. The molecule has 1 aliphatic rings. The molecule has 0 bridgehead atoms. The number of ether oxygens (including phenoxy) is 1. The largest absolute Gasteiger partial charge is 0.453 e. The summed E-state index contributed by atoms with van der Waals surface area (Å²) in [5, 5.41) is 19.3. The van der Waals surface area contributed by atoms with Crippen LogP contribution in [0.5, 0.6) is 0 Å². The van der Waals surface area contributed by atoms with Gasteiger partial charge in [0.15, 0.2) is 6.61 Å². The van der Waals surface area contributed by atoms with Gasteiger partial charge >= 0.3 is 5.97 Å². The number of fused-ring (bicyclic) bond motifs is 1. The summed E-state index contributed by atoms with van der Waals surface area (Å²) >= 11 is 0. The Morgan fingerprint density at radius 2 is 1.66 bits per heavy atom. The molecule has 1 aromatic heterocycles. The van der Waals surface area contributed by atoms with Crippen LogP contribution >= 0.6 is 0 Å². The Morgan fingerprint density at radius 3 is 2.17 bits per heavy atom. The van der Waals surface area contributed by atoms with E-state index in [-0.39, 0.29) is 11.1 Å². The van der Waals surface area contributed by atoms with E-state index >= 15 is 0 Å². The zero-order valence-corrected chi connectivity index (χ0v) is 20.9. The topological polar surface area (TPSA) is 102 Å². The van der Waals surface area contributed by atoms with Crippen molar-refractivity contribution in [1.82, 2.24) is 4.57 Å². The number of ketones is 1. The third-order valence-electron chi connectivity index (χ3n) is 5.99. The van der Waals surface area contributed by atoms with Gasteiger partial charge in [-0.3, -0.25) is 4.79 Å². The number of rotatable bonds is 7. The lowest BCUT2D eigenvalue weighted by molar-refractivity contribution is -0.142. The van der Waals surface area contributed by atoms with E-state index in [0.717, 1.165) is 34.9 Å². The number of para-hydroxylation sites is 2. The Labute approximate surface area is 205 Å². The van der Waals surface area contributed by atoms with Crippen LogP contribution < -0.4 is 9.80 Å². The number of anilines is 2. The SMILES string of the molecule is Cc1cc(/C=C(\C#N)C(=O)OCC(=O)C(C#N)=C2N(C)c3ccccc3N2C)c(C)n1CC(C)C. The van der Waals surface area contributed by atoms with Gasteiger partial charge in [-0.25, -0.2) is 4.79 Å². The smallest absolute Gasteiger partial charge is 0.349 e. The number of nitrogens with zero attached hydrogens (tertiary/aromatic N) is 5. The molecule has 0 atom stereocenters. The summed E-state index contributed by atoms with van der Waals surface area (Å²) in [6, 6.07) is 13.3. The van der Waals surface area contributed by atoms with Crippen molar-refractivity contribution in [3.8, 4) is 12.1 Å². The van der Waals surface area contributed by atoms with E-state index in [1.54, 1.807) is 23.9 Å². The van der Waals surface area contributed by atoms with Gasteiger partial charge in [0.2, 0.25) is 5.78 Å². The molecule has 180 valence electrons. The zero-order chi connectivity index (χ0) is 25.9. The molecule has 0 N–H and O–H groups in total. The number of nitriles is 2. The normalized spacial score (nSPS) is 12.9. The van der Waals surface area contributed by atoms with E-state index in [9.17, 15) is 20.1 Å². The second-order valence-corrected chi connectivity index (χ2v) is 8.92. The number of aromatic nitrogens is 1. The molecule has 35 heavy (non-hydrogen) atoms. The van der Waals surface area contributed by atoms with Gasteiger partial charge in [0, 0.05) is 32.0 Å². The van der Waals surface area contributed by atoms with Crippen LogP contribution in [0.15, 0.2) is 47.3 Å². The molecule has 0 saturated heterocycles. The lowest BCUT2D eigenvalue weighted by Gasteiger charge is -2.19. The molecule has 0 radical (unpaired) electrons. The summed E-state index contributed by atoms with van der Waals surface area (Å²) in [6.07, 6.45) is 1.48. The first-order valence-corrected chi connectivity index (χ1v) is 11.3. The molecule has 2 aromatic rings. The minimum Gasteiger partial charge on any atom is -0.453 e. The second-order valence-electron chi connectivity index (χ2n) is 8.92. The van der Waals surface area contributed by atoms with E-state index in [4.69, 9.17) is 4.74 Å². The lowest BCUT2D eigenvalue weighted by Crippen LogP contribution is -2.28. The van der Waals surface area contributed by atoms with E-state index in [2.05, 4.69) is 18.4 Å². The Balaban J connectivity index is 1.79. The fourth-order valence-corrected chi connectivity index (χ4v) is 4.25. The molecule has 0 saturated carbocycles. The summed E-state index contributed by atoms with van der Waals surface area (Å²) in [7, 11) is 3.53. The first kappa shape index (κ1) is 25.3. The molecule has 0 unspecified atom stereocenters. The van der Waals surface area contributed by atoms with Gasteiger partial charge in [-0.2, -0.15) is 10.5 Å². The van der Waals surface area contributed by atoms with Crippen molar-refractivity contribution < 1.29 is 14.3 Å². The molecular formula is C27H29N5O3. The van der Waals surface area contributed by atoms with Gasteiger partial charge in [-0.05, 0) is 49.6 Å². The van der Waals surface area contributed by atoms with Gasteiger partial charge in [0.1, 0.15) is 29.1 Å². The van der Waals surface area contributed by atoms with Crippen LogP contribution in [-0.2, 0) is 20.9 Å². The van der Waals surface area contributed by atoms with Crippen molar-refractivity contribution in [2.45, 2.75) is 34.2 Å². The molecule has 8 heteroatoms. The van der Waals surface area contributed by atoms with Crippen LogP contribution in [0.3, 0.4) is 0 Å². The highest BCUT2D eigenvalue weighted by atomic mass is 16.5. The van der Waals surface area contributed by atoms with Crippen molar-refractivity contribution in [1.29, 1.82) is 10.5 Å². The number of esters is 1. The standard InChI is InChI=1S/C27H29N5O3/c1-17(2)15-32-18(3)11-20(19(32)4)12-21(13-28)27(34)35-16-25(33)22(14-29)26-30(5)23-9-7-8-10-24(23)31(26)6/h7-12,17H,15-16H2,1-6H3/b21-12+. The van der Waals surface area contributed by atoms with Crippen LogP contribution in [0.4, 0.5) is 11.4 Å². The Kier molecular flexibility index (Phi) is 7.46. The second kappa shape index (κ2) is 10.3. The van der Waals surface area contributed by atoms with Crippen molar-refractivity contribution in [2.75, 3.05) is 30.5 Å². The molecule has 0 spiro atoms. The molecule has 1 aromatic carbocycles. The number of Topliss-reactive ketones (excluding diaryl/α,β-unsaturated/α-hetero) is 1. The monoisotopic (exact) mass is 471 g/mol. The number of carbonyl (C=O) groups excluding carboxylic acids is 2. The van der Waals surface area contributed by atoms with Gasteiger partial charge in [0.05, 0.1) is 11.4 Å². The van der Waals surface area contributed by atoms with E-state index in [1.807, 2.05) is 56.3 Å². The lowest BCUT2D eigenvalue weighted by atomic mass is 10.1. The van der Waals surface area contributed by atoms with Crippen molar-refractivity contribution in [3.05, 3.63) is 64.3 Å². The number of hydrogen-bond acceptors (Lipinski definition) is 7. The Hall–Kier alpha value is -4.30. The molecule has 0 fully saturated rings. The minimum atomic E-state index is -0.909. The molecule has 1 aliphatic heterocycles. The third-order valence-corrected chi connectivity index (χ3v) is 5.99. The average Bonchev–Trinajstić information content (AvgIpc) is 3.23. The molecule has 0 aliphatic carbocycles. The average molecular weight is 472 g/mol. The molecular weight excluding hydrogens is 442 g/mol. The van der Waals surface area contributed by atoms with Gasteiger partial charge in [0.25, 0.3) is 0 Å². The maximum absolute atomic E-state index is 12.9. The maximum atomic E-state index is 12.9. The number of aryl methyl sites for hydroxylation is 1. The molecule has 0 amide bonds. The molecule has 8 nitrogen and oxygen atoms in total. The summed E-state index contributed by atoms with van der Waals surface area (Å²) in [4.78, 5) is 29.0. The zero-order valence-electron chi connectivity index (χ0n) is 20.9. The quantitative estimate of drug-likeness (QED) is 0.340.